The van der Waals surface area contributed by atoms with Crippen molar-refractivity contribution in [1.82, 2.24) is 9.78 Å². The van der Waals surface area contributed by atoms with Crippen molar-refractivity contribution in [2.75, 3.05) is 5.88 Å². The lowest BCUT2D eigenvalue weighted by Crippen LogP contribution is -1.95. The number of halogens is 1. The number of aryl methyl sites for hydroxylation is 2. The number of hydrogen-bond acceptors (Lipinski definition) is 1. The summed E-state index contributed by atoms with van der Waals surface area (Å²) in [6, 6.07) is 0. The Balaban J connectivity index is 3.01. The zero-order valence-corrected chi connectivity index (χ0v) is 9.10. The number of hydrogen-bond donors (Lipinski definition) is 0. The van der Waals surface area contributed by atoms with E-state index in [9.17, 15) is 0 Å². The van der Waals surface area contributed by atoms with Crippen molar-refractivity contribution in [3.8, 4) is 0 Å². The number of allylic oxidation sites excluding steroid dienone is 1. The normalized spacial score (nSPS) is 12.2. The summed E-state index contributed by atoms with van der Waals surface area (Å²) in [5.41, 5.74) is 3.59. The predicted octanol–water partition coefficient (Wildman–Crippen LogP) is 2.76. The molecule has 1 rings (SSSR count). The molecule has 13 heavy (non-hydrogen) atoms. The molecule has 0 radical (unpaired) electrons. The SMILES string of the molecule is CC/C(=C\c1c(C)cnn1C)CCl. The molecule has 3 heteroatoms. The van der Waals surface area contributed by atoms with Gasteiger partial charge in [-0.25, -0.2) is 0 Å². The number of alkyl halides is 1. The van der Waals surface area contributed by atoms with Gasteiger partial charge in [-0.3, -0.25) is 4.68 Å². The molecule has 1 heterocycles. The van der Waals surface area contributed by atoms with Crippen LogP contribution in [0.2, 0.25) is 0 Å². The number of rotatable bonds is 3. The molecule has 0 aliphatic carbocycles. The second kappa shape index (κ2) is 4.47. The molecule has 1 aromatic rings. The van der Waals surface area contributed by atoms with Gasteiger partial charge in [0, 0.05) is 12.9 Å². The zero-order valence-electron chi connectivity index (χ0n) is 8.34. The minimum atomic E-state index is 0.598. The van der Waals surface area contributed by atoms with Crippen molar-refractivity contribution in [2.45, 2.75) is 20.3 Å². The second-order valence-corrected chi connectivity index (χ2v) is 3.39. The van der Waals surface area contributed by atoms with Gasteiger partial charge in [-0.2, -0.15) is 5.10 Å². The van der Waals surface area contributed by atoms with Crippen LogP contribution in [0.25, 0.3) is 6.08 Å². The summed E-state index contributed by atoms with van der Waals surface area (Å²) >= 11 is 5.79. The van der Waals surface area contributed by atoms with Crippen LogP contribution in [0, 0.1) is 6.92 Å². The fourth-order valence-electron chi connectivity index (χ4n) is 1.19. The van der Waals surface area contributed by atoms with Gasteiger partial charge in [-0.05, 0) is 25.0 Å². The summed E-state index contributed by atoms with van der Waals surface area (Å²) < 4.78 is 1.87. The summed E-state index contributed by atoms with van der Waals surface area (Å²) in [4.78, 5) is 0. The lowest BCUT2D eigenvalue weighted by molar-refractivity contribution is 0.758. The molecule has 0 fully saturated rings. The standard InChI is InChI=1S/C10H15ClN2/c1-4-9(6-11)5-10-8(2)7-12-13(10)3/h5,7H,4,6H2,1-3H3/b9-5+. The van der Waals surface area contributed by atoms with E-state index < -0.39 is 0 Å². The fraction of sp³-hybridized carbons (Fsp3) is 0.500. The molecule has 0 atom stereocenters. The molecular formula is C10H15ClN2. The van der Waals surface area contributed by atoms with Gasteiger partial charge in [0.1, 0.15) is 0 Å². The van der Waals surface area contributed by atoms with Crippen molar-refractivity contribution >= 4 is 17.7 Å². The maximum absolute atomic E-state index is 5.79. The van der Waals surface area contributed by atoms with Gasteiger partial charge in [0.25, 0.3) is 0 Å². The van der Waals surface area contributed by atoms with Crippen LogP contribution in [0.15, 0.2) is 11.8 Å². The molecule has 1 aromatic heterocycles. The Bertz CT molecular complexity index is 287. The second-order valence-electron chi connectivity index (χ2n) is 3.13. The summed E-state index contributed by atoms with van der Waals surface area (Å²) in [5.74, 6) is 0.598. The highest BCUT2D eigenvalue weighted by Gasteiger charge is 2.01. The molecule has 0 N–H and O–H groups in total. The largest absolute Gasteiger partial charge is 0.268 e. The highest BCUT2D eigenvalue weighted by atomic mass is 35.5. The third-order valence-electron chi connectivity index (χ3n) is 2.14. The van der Waals surface area contributed by atoms with E-state index in [4.69, 9.17) is 11.6 Å². The molecule has 0 aromatic carbocycles. The van der Waals surface area contributed by atoms with Crippen molar-refractivity contribution in [3.05, 3.63) is 23.0 Å². The Hall–Kier alpha value is -0.760. The lowest BCUT2D eigenvalue weighted by Gasteiger charge is -2.01. The fourth-order valence-corrected chi connectivity index (χ4v) is 1.46. The molecule has 0 amide bonds. The lowest BCUT2D eigenvalue weighted by atomic mass is 10.1. The van der Waals surface area contributed by atoms with E-state index in [0.29, 0.717) is 5.88 Å². The van der Waals surface area contributed by atoms with Gasteiger partial charge >= 0.3 is 0 Å². The predicted molar refractivity (Wildman–Crippen MR) is 56.9 cm³/mol. The Kier molecular flexibility index (Phi) is 3.55. The third kappa shape index (κ3) is 2.34. The summed E-state index contributed by atoms with van der Waals surface area (Å²) in [6.45, 7) is 4.17. The first-order valence-corrected chi connectivity index (χ1v) is 4.96. The minimum absolute atomic E-state index is 0.598. The van der Waals surface area contributed by atoms with E-state index in [1.165, 1.54) is 11.1 Å². The zero-order chi connectivity index (χ0) is 9.84. The molecular weight excluding hydrogens is 184 g/mol. The maximum Gasteiger partial charge on any atom is 0.0635 e. The molecule has 2 nitrogen and oxygen atoms in total. The van der Waals surface area contributed by atoms with E-state index >= 15 is 0 Å². The van der Waals surface area contributed by atoms with E-state index in [1.54, 1.807) is 0 Å². The first-order valence-electron chi connectivity index (χ1n) is 4.43. The van der Waals surface area contributed by atoms with Gasteiger partial charge in [-0.1, -0.05) is 12.5 Å². The van der Waals surface area contributed by atoms with Crippen LogP contribution in [0.4, 0.5) is 0 Å². The van der Waals surface area contributed by atoms with Crippen LogP contribution < -0.4 is 0 Å². The van der Waals surface area contributed by atoms with Crippen LogP contribution in [-0.4, -0.2) is 15.7 Å². The summed E-state index contributed by atoms with van der Waals surface area (Å²) in [7, 11) is 1.94. The number of aromatic nitrogens is 2. The van der Waals surface area contributed by atoms with Crippen LogP contribution in [0.1, 0.15) is 24.6 Å². The Morgan fingerprint density at radius 1 is 1.69 bits per heavy atom. The first kappa shape index (κ1) is 10.3. The van der Waals surface area contributed by atoms with E-state index in [2.05, 4.69) is 25.0 Å². The average Bonchev–Trinajstić information content (AvgIpc) is 2.44. The van der Waals surface area contributed by atoms with Crippen LogP contribution in [-0.2, 0) is 7.05 Å². The van der Waals surface area contributed by atoms with Crippen molar-refractivity contribution < 1.29 is 0 Å². The molecule has 0 saturated carbocycles. The van der Waals surface area contributed by atoms with Crippen LogP contribution in [0.3, 0.4) is 0 Å². The van der Waals surface area contributed by atoms with Crippen molar-refractivity contribution in [1.29, 1.82) is 0 Å². The molecule has 0 saturated heterocycles. The maximum atomic E-state index is 5.79. The summed E-state index contributed by atoms with van der Waals surface area (Å²) in [5, 5.41) is 4.17. The molecule has 72 valence electrons. The van der Waals surface area contributed by atoms with Crippen LogP contribution in [0.5, 0.6) is 0 Å². The van der Waals surface area contributed by atoms with E-state index in [0.717, 1.165) is 12.1 Å². The Morgan fingerprint density at radius 3 is 2.77 bits per heavy atom. The van der Waals surface area contributed by atoms with Crippen LogP contribution >= 0.6 is 11.6 Å². The minimum Gasteiger partial charge on any atom is -0.268 e. The number of nitrogens with zero attached hydrogens (tertiary/aromatic N) is 2. The van der Waals surface area contributed by atoms with Gasteiger partial charge in [-0.15, -0.1) is 11.6 Å². The smallest absolute Gasteiger partial charge is 0.0635 e. The van der Waals surface area contributed by atoms with Crippen molar-refractivity contribution in [3.63, 3.8) is 0 Å². The van der Waals surface area contributed by atoms with Gasteiger partial charge in [0.15, 0.2) is 0 Å². The molecule has 0 spiro atoms. The Labute approximate surface area is 84.2 Å². The van der Waals surface area contributed by atoms with E-state index in [1.807, 2.05) is 17.9 Å². The highest BCUT2D eigenvalue weighted by Crippen LogP contribution is 2.13. The molecule has 0 bridgehead atoms. The molecule has 0 aliphatic heterocycles. The Morgan fingerprint density at radius 2 is 2.38 bits per heavy atom. The van der Waals surface area contributed by atoms with Crippen molar-refractivity contribution in [2.24, 2.45) is 7.05 Å². The molecule has 0 aliphatic rings. The van der Waals surface area contributed by atoms with Gasteiger partial charge < -0.3 is 0 Å². The topological polar surface area (TPSA) is 17.8 Å². The third-order valence-corrected chi connectivity index (χ3v) is 2.49. The van der Waals surface area contributed by atoms with Gasteiger partial charge in [0.2, 0.25) is 0 Å². The van der Waals surface area contributed by atoms with Gasteiger partial charge in [0.05, 0.1) is 11.9 Å². The first-order chi connectivity index (χ1) is 6.19. The monoisotopic (exact) mass is 198 g/mol. The average molecular weight is 199 g/mol. The highest BCUT2D eigenvalue weighted by molar-refractivity contribution is 6.19. The summed E-state index contributed by atoms with van der Waals surface area (Å²) in [6.07, 6.45) is 4.98. The quantitative estimate of drug-likeness (QED) is 0.683. The van der Waals surface area contributed by atoms with E-state index in [-0.39, 0.29) is 0 Å². The molecule has 0 unspecified atom stereocenters.